The van der Waals surface area contributed by atoms with E-state index in [9.17, 15) is 5.26 Å². The summed E-state index contributed by atoms with van der Waals surface area (Å²) in [6, 6.07) is 15.1. The van der Waals surface area contributed by atoms with Crippen molar-refractivity contribution in [2.75, 3.05) is 7.11 Å². The Morgan fingerprint density at radius 3 is 2.55 bits per heavy atom. The molecule has 2 aromatic carbocycles. The molecule has 2 nitrogen and oxygen atoms in total. The molecular weight excluding hydrogens is 338 g/mol. The Hall–Kier alpha value is -1.76. The highest BCUT2D eigenvalue weighted by Crippen LogP contribution is 2.25. The van der Waals surface area contributed by atoms with E-state index in [1.165, 1.54) is 0 Å². The van der Waals surface area contributed by atoms with Crippen molar-refractivity contribution in [2.45, 2.75) is 0 Å². The minimum Gasteiger partial charge on any atom is -0.497 e. The van der Waals surface area contributed by atoms with Gasteiger partial charge in [0.05, 0.1) is 18.8 Å². The lowest BCUT2D eigenvalue weighted by atomic mass is 10.0. The molecule has 0 atom stereocenters. The van der Waals surface area contributed by atoms with Crippen molar-refractivity contribution in [3.8, 4) is 11.8 Å². The summed E-state index contributed by atoms with van der Waals surface area (Å²) >= 11 is 9.28. The van der Waals surface area contributed by atoms with Gasteiger partial charge in [0.2, 0.25) is 0 Å². The fourth-order valence-electron chi connectivity index (χ4n) is 1.76. The van der Waals surface area contributed by atoms with Gasteiger partial charge in [0, 0.05) is 9.50 Å². The molecule has 100 valence electrons. The van der Waals surface area contributed by atoms with Crippen molar-refractivity contribution < 1.29 is 4.74 Å². The van der Waals surface area contributed by atoms with Crippen molar-refractivity contribution in [2.24, 2.45) is 0 Å². The first-order valence-electron chi connectivity index (χ1n) is 5.84. The molecule has 0 spiro atoms. The highest BCUT2D eigenvalue weighted by Gasteiger charge is 2.03. The van der Waals surface area contributed by atoms with Gasteiger partial charge >= 0.3 is 0 Å². The molecule has 0 aliphatic carbocycles. The zero-order valence-corrected chi connectivity index (χ0v) is 13.1. The molecule has 0 saturated carbocycles. The Kier molecular flexibility index (Phi) is 4.84. The number of hydrogen-bond acceptors (Lipinski definition) is 2. The second kappa shape index (κ2) is 6.60. The van der Waals surface area contributed by atoms with E-state index >= 15 is 0 Å². The average molecular weight is 349 g/mol. The number of benzene rings is 2. The fraction of sp³-hybridized carbons (Fsp3) is 0.0625. The lowest BCUT2D eigenvalue weighted by Gasteiger charge is -2.04. The summed E-state index contributed by atoms with van der Waals surface area (Å²) in [7, 11) is 1.61. The van der Waals surface area contributed by atoms with Crippen LogP contribution >= 0.6 is 27.5 Å². The van der Waals surface area contributed by atoms with Gasteiger partial charge in [0.25, 0.3) is 0 Å². The maximum absolute atomic E-state index is 9.31. The van der Waals surface area contributed by atoms with Gasteiger partial charge in [-0.2, -0.15) is 5.26 Å². The molecule has 2 rings (SSSR count). The van der Waals surface area contributed by atoms with Crippen LogP contribution in [0.1, 0.15) is 11.1 Å². The number of allylic oxidation sites excluding steroid dienone is 1. The van der Waals surface area contributed by atoms with Crippen molar-refractivity contribution in [3.63, 3.8) is 0 Å². The van der Waals surface area contributed by atoms with Crippen LogP contribution in [0.4, 0.5) is 0 Å². The first-order valence-corrected chi connectivity index (χ1v) is 7.02. The van der Waals surface area contributed by atoms with Crippen LogP contribution in [0.5, 0.6) is 5.75 Å². The van der Waals surface area contributed by atoms with Crippen LogP contribution < -0.4 is 4.74 Å². The summed E-state index contributed by atoms with van der Waals surface area (Å²) in [5.41, 5.74) is 2.29. The van der Waals surface area contributed by atoms with Gasteiger partial charge in [-0.3, -0.25) is 0 Å². The molecule has 2 aromatic rings. The zero-order valence-electron chi connectivity index (χ0n) is 10.7. The third-order valence-corrected chi connectivity index (χ3v) is 3.43. The Labute approximate surface area is 131 Å². The second-order valence-corrected chi connectivity index (χ2v) is 5.45. The molecule has 20 heavy (non-hydrogen) atoms. The van der Waals surface area contributed by atoms with Crippen LogP contribution in [0.15, 0.2) is 46.9 Å². The Morgan fingerprint density at radius 2 is 1.95 bits per heavy atom. The largest absolute Gasteiger partial charge is 0.497 e. The van der Waals surface area contributed by atoms with Gasteiger partial charge in [-0.15, -0.1) is 0 Å². The number of rotatable bonds is 3. The van der Waals surface area contributed by atoms with Crippen LogP contribution in [0.25, 0.3) is 11.6 Å². The minimum atomic E-state index is 0.571. The van der Waals surface area contributed by atoms with Gasteiger partial charge in [-0.25, -0.2) is 0 Å². The SMILES string of the molecule is COc1cc(Br)cc(/C=C(\C#N)c2ccc(Cl)cc2)c1. The Morgan fingerprint density at radius 1 is 1.25 bits per heavy atom. The van der Waals surface area contributed by atoms with E-state index in [0.29, 0.717) is 10.6 Å². The number of methoxy groups -OCH3 is 1. The topological polar surface area (TPSA) is 33.0 Å². The van der Waals surface area contributed by atoms with Crippen LogP contribution in [0.3, 0.4) is 0 Å². The van der Waals surface area contributed by atoms with Crippen LogP contribution in [-0.2, 0) is 0 Å². The number of halogens is 2. The van der Waals surface area contributed by atoms with Crippen molar-refractivity contribution in [3.05, 3.63) is 63.1 Å². The van der Waals surface area contributed by atoms with Gasteiger partial charge in [0.15, 0.2) is 0 Å². The lowest BCUT2D eigenvalue weighted by Crippen LogP contribution is -1.85. The highest BCUT2D eigenvalue weighted by atomic mass is 79.9. The van der Waals surface area contributed by atoms with E-state index in [4.69, 9.17) is 16.3 Å². The van der Waals surface area contributed by atoms with E-state index in [2.05, 4.69) is 22.0 Å². The molecule has 0 fully saturated rings. The molecule has 0 bridgehead atoms. The Bertz CT molecular complexity index is 687. The van der Waals surface area contributed by atoms with E-state index in [1.807, 2.05) is 36.4 Å². The quantitative estimate of drug-likeness (QED) is 0.566. The zero-order chi connectivity index (χ0) is 14.5. The van der Waals surface area contributed by atoms with Crippen LogP contribution in [-0.4, -0.2) is 7.11 Å². The molecule has 0 saturated heterocycles. The summed E-state index contributed by atoms with van der Waals surface area (Å²) < 4.78 is 6.11. The van der Waals surface area contributed by atoms with Gasteiger partial charge < -0.3 is 4.74 Å². The van der Waals surface area contributed by atoms with E-state index in [1.54, 1.807) is 19.2 Å². The normalized spacial score (nSPS) is 11.0. The molecule has 0 aliphatic rings. The average Bonchev–Trinajstić information content (AvgIpc) is 2.45. The van der Waals surface area contributed by atoms with E-state index in [0.717, 1.165) is 21.3 Å². The summed E-state index contributed by atoms with van der Waals surface area (Å²) in [5, 5.41) is 9.96. The molecule has 0 unspecified atom stereocenters. The van der Waals surface area contributed by atoms with Crippen LogP contribution in [0.2, 0.25) is 5.02 Å². The maximum atomic E-state index is 9.31. The van der Waals surface area contributed by atoms with Gasteiger partial charge in [-0.1, -0.05) is 39.7 Å². The number of ether oxygens (including phenoxy) is 1. The Balaban J connectivity index is 2.43. The van der Waals surface area contributed by atoms with E-state index in [-0.39, 0.29) is 0 Å². The maximum Gasteiger partial charge on any atom is 0.120 e. The van der Waals surface area contributed by atoms with Crippen LogP contribution in [0, 0.1) is 11.3 Å². The predicted molar refractivity (Wildman–Crippen MR) is 85.6 cm³/mol. The number of nitrogens with zero attached hydrogens (tertiary/aromatic N) is 1. The third kappa shape index (κ3) is 3.63. The van der Waals surface area contributed by atoms with Crippen molar-refractivity contribution >= 4 is 39.2 Å². The molecule has 4 heteroatoms. The highest BCUT2D eigenvalue weighted by molar-refractivity contribution is 9.10. The van der Waals surface area contributed by atoms with Crippen molar-refractivity contribution in [1.82, 2.24) is 0 Å². The number of hydrogen-bond donors (Lipinski definition) is 0. The smallest absolute Gasteiger partial charge is 0.120 e. The monoisotopic (exact) mass is 347 g/mol. The molecule has 0 aromatic heterocycles. The van der Waals surface area contributed by atoms with Crippen molar-refractivity contribution in [1.29, 1.82) is 5.26 Å². The first kappa shape index (κ1) is 14.6. The minimum absolute atomic E-state index is 0.571. The first-order chi connectivity index (χ1) is 9.62. The molecule has 0 heterocycles. The number of nitriles is 1. The molecule has 0 N–H and O–H groups in total. The third-order valence-electron chi connectivity index (χ3n) is 2.72. The second-order valence-electron chi connectivity index (χ2n) is 4.10. The summed E-state index contributed by atoms with van der Waals surface area (Å²) in [6.45, 7) is 0. The lowest BCUT2D eigenvalue weighted by molar-refractivity contribution is 0.414. The summed E-state index contributed by atoms with van der Waals surface area (Å²) in [4.78, 5) is 0. The molecule has 0 amide bonds. The van der Waals surface area contributed by atoms with Gasteiger partial charge in [-0.05, 0) is 47.5 Å². The molecule has 0 radical (unpaired) electrons. The predicted octanol–water partition coefficient (Wildman–Crippen LogP) is 5.18. The van der Waals surface area contributed by atoms with Gasteiger partial charge in [0.1, 0.15) is 5.75 Å². The molecular formula is C16H11BrClNO. The van der Waals surface area contributed by atoms with E-state index < -0.39 is 0 Å². The molecule has 0 aliphatic heterocycles. The standard InChI is InChI=1S/C16H11BrClNO/c1-20-16-8-11(7-14(17)9-16)6-13(10-19)12-2-4-15(18)5-3-12/h2-9H,1H3/b13-6+. The summed E-state index contributed by atoms with van der Waals surface area (Å²) in [5.74, 6) is 0.735. The summed E-state index contributed by atoms with van der Waals surface area (Å²) in [6.07, 6.45) is 1.82. The fourth-order valence-corrected chi connectivity index (χ4v) is 2.38.